The van der Waals surface area contributed by atoms with Gasteiger partial charge in [-0.2, -0.15) is 0 Å². The van der Waals surface area contributed by atoms with E-state index in [1.165, 1.54) is 12.8 Å². The third kappa shape index (κ3) is 2.32. The van der Waals surface area contributed by atoms with Gasteiger partial charge in [0.25, 0.3) is 0 Å². The molecule has 0 bridgehead atoms. The molecule has 0 N–H and O–H groups in total. The first-order valence-electron chi connectivity index (χ1n) is 5.23. The molecule has 1 saturated heterocycles. The third-order valence-electron chi connectivity index (χ3n) is 2.76. The van der Waals surface area contributed by atoms with Gasteiger partial charge in [-0.05, 0) is 38.0 Å². The van der Waals surface area contributed by atoms with Gasteiger partial charge in [-0.1, -0.05) is 11.6 Å². The Morgan fingerprint density at radius 3 is 2.53 bits per heavy atom. The highest BCUT2D eigenvalue weighted by atomic mass is 35.5. The maximum Gasteiger partial charge on any atom is 0.159 e. The molecular weight excluding hydrogens is 210 g/mol. The summed E-state index contributed by atoms with van der Waals surface area (Å²) in [6.07, 6.45) is 2.45. The van der Waals surface area contributed by atoms with E-state index in [-0.39, 0.29) is 5.78 Å². The van der Waals surface area contributed by atoms with Gasteiger partial charge in [0.2, 0.25) is 0 Å². The van der Waals surface area contributed by atoms with Crippen LogP contribution in [0.1, 0.15) is 30.1 Å². The van der Waals surface area contributed by atoms with Crippen LogP contribution in [-0.4, -0.2) is 18.9 Å². The van der Waals surface area contributed by atoms with E-state index in [4.69, 9.17) is 11.6 Å². The van der Waals surface area contributed by atoms with Crippen molar-refractivity contribution in [2.75, 3.05) is 18.0 Å². The first-order chi connectivity index (χ1) is 7.16. The molecule has 1 aliphatic rings. The maximum absolute atomic E-state index is 11.3. The van der Waals surface area contributed by atoms with Gasteiger partial charge >= 0.3 is 0 Å². The Hall–Kier alpha value is -1.02. The van der Waals surface area contributed by atoms with Crippen LogP contribution >= 0.6 is 11.6 Å². The second-order valence-corrected chi connectivity index (χ2v) is 4.38. The summed E-state index contributed by atoms with van der Waals surface area (Å²) in [6.45, 7) is 3.70. The molecule has 0 amide bonds. The Morgan fingerprint density at radius 1 is 1.27 bits per heavy atom. The second kappa shape index (κ2) is 4.23. The van der Waals surface area contributed by atoms with Crippen LogP contribution in [0.15, 0.2) is 18.2 Å². The average molecular weight is 224 g/mol. The lowest BCUT2D eigenvalue weighted by atomic mass is 10.1. The molecule has 2 rings (SSSR count). The van der Waals surface area contributed by atoms with Gasteiger partial charge < -0.3 is 4.90 Å². The predicted octanol–water partition coefficient (Wildman–Crippen LogP) is 3.14. The number of carbonyl (C=O) groups excluding carboxylic acids is 1. The highest BCUT2D eigenvalue weighted by molar-refractivity contribution is 6.31. The van der Waals surface area contributed by atoms with Crippen LogP contribution in [-0.2, 0) is 0 Å². The molecule has 0 radical (unpaired) electrons. The highest BCUT2D eigenvalue weighted by Gasteiger charge is 2.14. The summed E-state index contributed by atoms with van der Waals surface area (Å²) >= 11 is 5.99. The number of rotatable bonds is 2. The zero-order valence-electron chi connectivity index (χ0n) is 8.79. The number of benzene rings is 1. The molecule has 0 aliphatic carbocycles. The van der Waals surface area contributed by atoms with E-state index < -0.39 is 0 Å². The van der Waals surface area contributed by atoms with Gasteiger partial charge in [0.15, 0.2) is 5.78 Å². The summed E-state index contributed by atoms with van der Waals surface area (Å²) in [4.78, 5) is 13.6. The molecule has 15 heavy (non-hydrogen) atoms. The van der Waals surface area contributed by atoms with Gasteiger partial charge in [-0.3, -0.25) is 4.79 Å². The molecular formula is C12H14ClNO. The molecule has 3 heteroatoms. The summed E-state index contributed by atoms with van der Waals surface area (Å²) in [5.41, 5.74) is 1.77. The summed E-state index contributed by atoms with van der Waals surface area (Å²) in [5.74, 6) is 0.0675. The first-order valence-corrected chi connectivity index (χ1v) is 5.61. The van der Waals surface area contributed by atoms with Crippen molar-refractivity contribution >= 4 is 23.1 Å². The van der Waals surface area contributed by atoms with Crippen LogP contribution in [0, 0.1) is 0 Å². The van der Waals surface area contributed by atoms with Crippen LogP contribution in [0.5, 0.6) is 0 Å². The number of Topliss-reactive ketones (excluding diaryl/α,β-unsaturated/α-hetero) is 1. The molecule has 1 aliphatic heterocycles. The minimum atomic E-state index is 0.0675. The fourth-order valence-corrected chi connectivity index (χ4v) is 2.16. The quantitative estimate of drug-likeness (QED) is 0.718. The highest BCUT2D eigenvalue weighted by Crippen LogP contribution is 2.25. The Balaban J connectivity index is 2.34. The van der Waals surface area contributed by atoms with E-state index in [0.29, 0.717) is 10.6 Å². The Morgan fingerprint density at radius 2 is 1.93 bits per heavy atom. The molecule has 0 unspecified atom stereocenters. The summed E-state index contributed by atoms with van der Waals surface area (Å²) < 4.78 is 0. The van der Waals surface area contributed by atoms with Crippen molar-refractivity contribution in [3.05, 3.63) is 28.8 Å². The number of anilines is 1. The number of hydrogen-bond donors (Lipinski definition) is 0. The zero-order chi connectivity index (χ0) is 10.8. The molecule has 1 heterocycles. The normalized spacial score (nSPS) is 15.7. The number of ketones is 1. The van der Waals surface area contributed by atoms with Crippen LogP contribution in [0.25, 0.3) is 0 Å². The van der Waals surface area contributed by atoms with Crippen LogP contribution < -0.4 is 4.90 Å². The van der Waals surface area contributed by atoms with Crippen LogP contribution in [0.2, 0.25) is 5.02 Å². The van der Waals surface area contributed by atoms with Gasteiger partial charge in [0.05, 0.1) is 0 Å². The summed E-state index contributed by atoms with van der Waals surface area (Å²) in [5, 5.41) is 0.643. The van der Waals surface area contributed by atoms with Crippen molar-refractivity contribution in [1.29, 1.82) is 0 Å². The Bertz CT molecular complexity index is 383. The first kappa shape index (κ1) is 10.5. The topological polar surface area (TPSA) is 20.3 Å². The molecule has 1 aromatic rings. The SMILES string of the molecule is CC(=O)c1cc(Cl)cc(N2CCCC2)c1. The second-order valence-electron chi connectivity index (χ2n) is 3.95. The number of halogens is 1. The molecule has 0 spiro atoms. The van der Waals surface area contributed by atoms with Crippen molar-refractivity contribution in [2.45, 2.75) is 19.8 Å². The molecule has 0 aromatic heterocycles. The maximum atomic E-state index is 11.3. The van der Waals surface area contributed by atoms with E-state index in [2.05, 4.69) is 4.90 Å². The molecule has 2 nitrogen and oxygen atoms in total. The van der Waals surface area contributed by atoms with Gasteiger partial charge in [0.1, 0.15) is 0 Å². The summed E-state index contributed by atoms with van der Waals surface area (Å²) in [7, 11) is 0. The minimum absolute atomic E-state index is 0.0675. The predicted molar refractivity (Wildman–Crippen MR) is 62.9 cm³/mol. The monoisotopic (exact) mass is 223 g/mol. The van der Waals surface area contributed by atoms with Crippen molar-refractivity contribution in [2.24, 2.45) is 0 Å². The fourth-order valence-electron chi connectivity index (χ4n) is 1.94. The summed E-state index contributed by atoms with van der Waals surface area (Å²) in [6, 6.07) is 5.59. The van der Waals surface area contributed by atoms with E-state index in [1.807, 2.05) is 12.1 Å². The van der Waals surface area contributed by atoms with Gasteiger partial charge in [-0.15, -0.1) is 0 Å². The standard InChI is InChI=1S/C12H14ClNO/c1-9(15)10-6-11(13)8-12(7-10)14-4-2-3-5-14/h6-8H,2-5H2,1H3. The molecule has 1 aromatic carbocycles. The number of nitrogens with zero attached hydrogens (tertiary/aromatic N) is 1. The van der Waals surface area contributed by atoms with Gasteiger partial charge in [-0.25, -0.2) is 0 Å². The van der Waals surface area contributed by atoms with Crippen LogP contribution in [0.3, 0.4) is 0 Å². The number of carbonyl (C=O) groups is 1. The number of hydrogen-bond acceptors (Lipinski definition) is 2. The minimum Gasteiger partial charge on any atom is -0.371 e. The zero-order valence-corrected chi connectivity index (χ0v) is 9.55. The molecule has 80 valence electrons. The van der Waals surface area contributed by atoms with E-state index in [0.717, 1.165) is 18.8 Å². The van der Waals surface area contributed by atoms with E-state index >= 15 is 0 Å². The van der Waals surface area contributed by atoms with E-state index in [9.17, 15) is 4.79 Å². The fraction of sp³-hybridized carbons (Fsp3) is 0.417. The lowest BCUT2D eigenvalue weighted by molar-refractivity contribution is 0.101. The van der Waals surface area contributed by atoms with Crippen molar-refractivity contribution in [3.63, 3.8) is 0 Å². The average Bonchev–Trinajstić information content (AvgIpc) is 2.69. The third-order valence-corrected chi connectivity index (χ3v) is 2.98. The van der Waals surface area contributed by atoms with Crippen LogP contribution in [0.4, 0.5) is 5.69 Å². The van der Waals surface area contributed by atoms with Crippen molar-refractivity contribution in [3.8, 4) is 0 Å². The van der Waals surface area contributed by atoms with E-state index in [1.54, 1.807) is 13.0 Å². The lowest BCUT2D eigenvalue weighted by Crippen LogP contribution is -2.17. The Kier molecular flexibility index (Phi) is 2.96. The smallest absolute Gasteiger partial charge is 0.159 e. The largest absolute Gasteiger partial charge is 0.371 e. The molecule has 1 fully saturated rings. The lowest BCUT2D eigenvalue weighted by Gasteiger charge is -2.18. The van der Waals surface area contributed by atoms with Crippen molar-refractivity contribution < 1.29 is 4.79 Å². The van der Waals surface area contributed by atoms with Crippen molar-refractivity contribution in [1.82, 2.24) is 0 Å². The van der Waals surface area contributed by atoms with Gasteiger partial charge in [0, 0.05) is 29.4 Å². The molecule has 0 atom stereocenters. The molecule has 0 saturated carbocycles. The Labute approximate surface area is 94.8 Å².